The minimum Gasteiger partial charge on any atom is -0.246 e. The van der Waals surface area contributed by atoms with Gasteiger partial charge in [0.15, 0.2) is 5.82 Å². The SMILES string of the molecule is CCn1nc(C)nc1-c1ccc(Cl)cc1F. The van der Waals surface area contributed by atoms with Crippen molar-refractivity contribution in [1.82, 2.24) is 14.8 Å². The van der Waals surface area contributed by atoms with Crippen molar-refractivity contribution >= 4 is 11.6 Å². The molecule has 0 aliphatic rings. The predicted molar refractivity (Wildman–Crippen MR) is 60.8 cm³/mol. The molecule has 84 valence electrons. The van der Waals surface area contributed by atoms with Gasteiger partial charge in [-0.05, 0) is 32.0 Å². The summed E-state index contributed by atoms with van der Waals surface area (Å²) in [6.07, 6.45) is 0. The van der Waals surface area contributed by atoms with Crippen molar-refractivity contribution in [3.63, 3.8) is 0 Å². The fraction of sp³-hybridized carbons (Fsp3) is 0.273. The van der Waals surface area contributed by atoms with E-state index in [0.29, 0.717) is 28.8 Å². The summed E-state index contributed by atoms with van der Waals surface area (Å²) in [5.74, 6) is 0.787. The topological polar surface area (TPSA) is 30.7 Å². The molecule has 0 saturated carbocycles. The highest BCUT2D eigenvalue weighted by molar-refractivity contribution is 6.30. The van der Waals surface area contributed by atoms with Crippen LogP contribution in [0.1, 0.15) is 12.7 Å². The van der Waals surface area contributed by atoms with Crippen LogP contribution in [0.2, 0.25) is 5.02 Å². The summed E-state index contributed by atoms with van der Waals surface area (Å²) in [6, 6.07) is 4.54. The average molecular weight is 240 g/mol. The maximum atomic E-state index is 13.7. The highest BCUT2D eigenvalue weighted by Gasteiger charge is 2.13. The first kappa shape index (κ1) is 11.1. The Balaban J connectivity index is 2.57. The lowest BCUT2D eigenvalue weighted by Crippen LogP contribution is -2.00. The van der Waals surface area contributed by atoms with Crippen LogP contribution in [0, 0.1) is 12.7 Å². The molecule has 0 bridgehead atoms. The van der Waals surface area contributed by atoms with E-state index in [9.17, 15) is 4.39 Å². The maximum Gasteiger partial charge on any atom is 0.161 e. The second-order valence-corrected chi connectivity index (χ2v) is 3.86. The number of benzene rings is 1. The lowest BCUT2D eigenvalue weighted by Gasteiger charge is -2.04. The molecule has 0 aliphatic heterocycles. The van der Waals surface area contributed by atoms with Gasteiger partial charge in [0, 0.05) is 11.6 Å². The third kappa shape index (κ3) is 1.93. The Labute approximate surface area is 97.9 Å². The van der Waals surface area contributed by atoms with Crippen molar-refractivity contribution in [2.75, 3.05) is 0 Å². The molecule has 5 heteroatoms. The number of aromatic nitrogens is 3. The quantitative estimate of drug-likeness (QED) is 0.806. The second-order valence-electron chi connectivity index (χ2n) is 3.42. The molecular formula is C11H11ClFN3. The zero-order chi connectivity index (χ0) is 11.7. The number of hydrogen-bond donors (Lipinski definition) is 0. The van der Waals surface area contributed by atoms with Crippen LogP contribution in [-0.2, 0) is 6.54 Å². The molecule has 1 aromatic carbocycles. The number of rotatable bonds is 2. The van der Waals surface area contributed by atoms with Crippen molar-refractivity contribution in [1.29, 1.82) is 0 Å². The van der Waals surface area contributed by atoms with Crippen molar-refractivity contribution in [2.24, 2.45) is 0 Å². The molecule has 1 heterocycles. The first-order valence-corrected chi connectivity index (χ1v) is 5.36. The largest absolute Gasteiger partial charge is 0.246 e. The Morgan fingerprint density at radius 3 is 2.81 bits per heavy atom. The van der Waals surface area contributed by atoms with Gasteiger partial charge < -0.3 is 0 Å². The van der Waals surface area contributed by atoms with Gasteiger partial charge in [0.25, 0.3) is 0 Å². The summed E-state index contributed by atoms with van der Waals surface area (Å²) in [6.45, 7) is 4.37. The highest BCUT2D eigenvalue weighted by atomic mass is 35.5. The lowest BCUT2D eigenvalue weighted by molar-refractivity contribution is 0.619. The summed E-state index contributed by atoms with van der Waals surface area (Å²) in [4.78, 5) is 4.21. The van der Waals surface area contributed by atoms with Crippen LogP contribution >= 0.6 is 11.6 Å². The van der Waals surface area contributed by atoms with Crippen LogP contribution in [0.4, 0.5) is 4.39 Å². The minimum absolute atomic E-state index is 0.375. The van der Waals surface area contributed by atoms with Gasteiger partial charge in [0.1, 0.15) is 11.6 Å². The van der Waals surface area contributed by atoms with Gasteiger partial charge in [-0.15, -0.1) is 0 Å². The molecule has 0 N–H and O–H groups in total. The first-order valence-electron chi connectivity index (χ1n) is 4.98. The van der Waals surface area contributed by atoms with E-state index in [0.717, 1.165) is 0 Å². The van der Waals surface area contributed by atoms with Crippen LogP contribution in [0.25, 0.3) is 11.4 Å². The molecule has 0 amide bonds. The minimum atomic E-state index is -0.380. The van der Waals surface area contributed by atoms with Crippen LogP contribution in [0.5, 0.6) is 0 Å². The van der Waals surface area contributed by atoms with Crippen LogP contribution in [0.3, 0.4) is 0 Å². The molecular weight excluding hydrogens is 229 g/mol. The maximum absolute atomic E-state index is 13.7. The van der Waals surface area contributed by atoms with Gasteiger partial charge in [-0.1, -0.05) is 11.6 Å². The summed E-state index contributed by atoms with van der Waals surface area (Å²) >= 11 is 5.70. The van der Waals surface area contributed by atoms with E-state index < -0.39 is 0 Å². The average Bonchev–Trinajstić information content (AvgIpc) is 2.59. The van der Waals surface area contributed by atoms with E-state index in [1.165, 1.54) is 6.07 Å². The van der Waals surface area contributed by atoms with E-state index in [1.54, 1.807) is 23.7 Å². The van der Waals surface area contributed by atoms with Crippen LogP contribution in [-0.4, -0.2) is 14.8 Å². The first-order chi connectivity index (χ1) is 7.61. The van der Waals surface area contributed by atoms with E-state index in [-0.39, 0.29) is 5.82 Å². The number of hydrogen-bond acceptors (Lipinski definition) is 2. The predicted octanol–water partition coefficient (Wildman–Crippen LogP) is 3.07. The molecule has 0 atom stereocenters. The lowest BCUT2D eigenvalue weighted by atomic mass is 10.2. The molecule has 1 aromatic heterocycles. The molecule has 16 heavy (non-hydrogen) atoms. The summed E-state index contributed by atoms with van der Waals surface area (Å²) < 4.78 is 15.4. The van der Waals surface area contributed by atoms with Gasteiger partial charge in [0.05, 0.1) is 5.56 Å². The molecule has 3 nitrogen and oxygen atoms in total. The smallest absolute Gasteiger partial charge is 0.161 e. The Kier molecular flexibility index (Phi) is 2.92. The Morgan fingerprint density at radius 1 is 1.44 bits per heavy atom. The fourth-order valence-electron chi connectivity index (χ4n) is 1.55. The van der Waals surface area contributed by atoms with Gasteiger partial charge in [-0.2, -0.15) is 5.10 Å². The van der Waals surface area contributed by atoms with Crippen molar-refractivity contribution in [3.05, 3.63) is 34.9 Å². The van der Waals surface area contributed by atoms with Gasteiger partial charge in [-0.3, -0.25) is 0 Å². The van der Waals surface area contributed by atoms with E-state index in [2.05, 4.69) is 10.1 Å². The van der Waals surface area contributed by atoms with Gasteiger partial charge in [-0.25, -0.2) is 14.1 Å². The molecule has 0 fully saturated rings. The Morgan fingerprint density at radius 2 is 2.19 bits per heavy atom. The second kappa shape index (κ2) is 4.22. The van der Waals surface area contributed by atoms with Gasteiger partial charge >= 0.3 is 0 Å². The normalized spacial score (nSPS) is 10.8. The molecule has 0 saturated heterocycles. The van der Waals surface area contributed by atoms with Crippen LogP contribution < -0.4 is 0 Å². The zero-order valence-electron chi connectivity index (χ0n) is 9.04. The molecule has 0 unspecified atom stereocenters. The van der Waals surface area contributed by atoms with Crippen molar-refractivity contribution in [3.8, 4) is 11.4 Å². The standard InChI is InChI=1S/C11H11ClFN3/c1-3-16-11(14-7(2)15-16)9-5-4-8(12)6-10(9)13/h4-6H,3H2,1-2H3. The van der Waals surface area contributed by atoms with Gasteiger partial charge in [0.2, 0.25) is 0 Å². The van der Waals surface area contributed by atoms with Crippen molar-refractivity contribution in [2.45, 2.75) is 20.4 Å². The molecule has 2 aromatic rings. The third-order valence-electron chi connectivity index (χ3n) is 2.25. The summed E-state index contributed by atoms with van der Waals surface area (Å²) in [7, 11) is 0. The fourth-order valence-corrected chi connectivity index (χ4v) is 1.70. The third-order valence-corrected chi connectivity index (χ3v) is 2.48. The van der Waals surface area contributed by atoms with E-state index in [1.807, 2.05) is 6.92 Å². The monoisotopic (exact) mass is 239 g/mol. The molecule has 0 radical (unpaired) electrons. The zero-order valence-corrected chi connectivity index (χ0v) is 9.79. The molecule has 2 rings (SSSR count). The van der Waals surface area contributed by atoms with E-state index in [4.69, 9.17) is 11.6 Å². The Bertz CT molecular complexity index is 522. The summed E-state index contributed by atoms with van der Waals surface area (Å²) in [5, 5.41) is 4.55. The number of nitrogens with zero attached hydrogens (tertiary/aromatic N) is 3. The van der Waals surface area contributed by atoms with E-state index >= 15 is 0 Å². The van der Waals surface area contributed by atoms with Crippen LogP contribution in [0.15, 0.2) is 18.2 Å². The number of halogens is 2. The summed E-state index contributed by atoms with van der Waals surface area (Å²) in [5.41, 5.74) is 0.423. The molecule has 0 aliphatic carbocycles. The highest BCUT2D eigenvalue weighted by Crippen LogP contribution is 2.23. The Hall–Kier alpha value is -1.42. The molecule has 0 spiro atoms. The number of aryl methyl sites for hydroxylation is 2. The van der Waals surface area contributed by atoms with Crippen molar-refractivity contribution < 1.29 is 4.39 Å².